The van der Waals surface area contributed by atoms with Crippen molar-refractivity contribution in [3.05, 3.63) is 70.4 Å². The number of nitrogens with zero attached hydrogens (tertiary/aromatic N) is 4. The molecule has 3 aromatic rings. The molecule has 0 radical (unpaired) electrons. The van der Waals surface area contributed by atoms with Crippen molar-refractivity contribution < 1.29 is 13.6 Å². The standard InChI is InChI=1S/C22H19F2N5O/c1-12-7-16-18(10-27-22(16)30)28-21(12)29-6-4-17-14(11-29)8-13(9-26-17)15-3-2-5-25-19(15)20(23)24/h2-3,5,7-9,20H,4,6,10-11H2,1H3,(H,27,30). The van der Waals surface area contributed by atoms with E-state index in [1.807, 2.05) is 19.1 Å². The summed E-state index contributed by atoms with van der Waals surface area (Å²) in [7, 11) is 0. The number of amides is 1. The van der Waals surface area contributed by atoms with Crippen LogP contribution in [0.3, 0.4) is 0 Å². The highest BCUT2D eigenvalue weighted by Gasteiger charge is 2.26. The van der Waals surface area contributed by atoms with Gasteiger partial charge in [0.05, 0.1) is 17.8 Å². The van der Waals surface area contributed by atoms with Gasteiger partial charge in [-0.25, -0.2) is 13.8 Å². The average Bonchev–Trinajstić information content (AvgIpc) is 3.12. The zero-order valence-corrected chi connectivity index (χ0v) is 16.3. The van der Waals surface area contributed by atoms with E-state index >= 15 is 0 Å². The molecule has 2 aliphatic heterocycles. The molecule has 2 aliphatic rings. The van der Waals surface area contributed by atoms with Crippen molar-refractivity contribution in [2.45, 2.75) is 32.9 Å². The third-order valence-electron chi connectivity index (χ3n) is 5.62. The maximum atomic E-state index is 13.4. The molecule has 0 atom stereocenters. The molecule has 8 heteroatoms. The molecular weight excluding hydrogens is 388 g/mol. The molecule has 5 rings (SSSR count). The Morgan fingerprint density at radius 2 is 2.03 bits per heavy atom. The van der Waals surface area contributed by atoms with Gasteiger partial charge in [-0.15, -0.1) is 0 Å². The molecule has 0 fully saturated rings. The minimum absolute atomic E-state index is 0.0868. The monoisotopic (exact) mass is 407 g/mol. The van der Waals surface area contributed by atoms with E-state index in [9.17, 15) is 13.6 Å². The van der Waals surface area contributed by atoms with E-state index in [1.165, 1.54) is 6.20 Å². The van der Waals surface area contributed by atoms with Gasteiger partial charge in [0.2, 0.25) is 0 Å². The van der Waals surface area contributed by atoms with Gasteiger partial charge in [0.25, 0.3) is 12.3 Å². The second-order valence-corrected chi connectivity index (χ2v) is 7.54. The largest absolute Gasteiger partial charge is 0.352 e. The number of aromatic nitrogens is 3. The van der Waals surface area contributed by atoms with Crippen molar-refractivity contribution >= 4 is 11.7 Å². The van der Waals surface area contributed by atoms with E-state index in [2.05, 4.69) is 20.2 Å². The van der Waals surface area contributed by atoms with Crippen LogP contribution in [0.2, 0.25) is 0 Å². The summed E-state index contributed by atoms with van der Waals surface area (Å²) in [5.41, 5.74) is 5.07. The Morgan fingerprint density at radius 3 is 2.87 bits per heavy atom. The lowest BCUT2D eigenvalue weighted by atomic mass is 9.99. The van der Waals surface area contributed by atoms with Crippen molar-refractivity contribution in [2.24, 2.45) is 0 Å². The zero-order valence-electron chi connectivity index (χ0n) is 16.3. The molecule has 0 aromatic carbocycles. The van der Waals surface area contributed by atoms with E-state index in [-0.39, 0.29) is 11.6 Å². The van der Waals surface area contributed by atoms with Crippen LogP contribution in [0.4, 0.5) is 14.6 Å². The Balaban J connectivity index is 1.49. The summed E-state index contributed by atoms with van der Waals surface area (Å²) in [6.45, 7) is 3.72. The molecule has 0 aliphatic carbocycles. The van der Waals surface area contributed by atoms with Crippen molar-refractivity contribution in [3.8, 4) is 11.1 Å². The summed E-state index contributed by atoms with van der Waals surface area (Å²) >= 11 is 0. The third-order valence-corrected chi connectivity index (χ3v) is 5.62. The summed E-state index contributed by atoms with van der Waals surface area (Å²) < 4.78 is 26.8. The topological polar surface area (TPSA) is 71.0 Å². The number of anilines is 1. The number of halogens is 2. The van der Waals surface area contributed by atoms with E-state index in [4.69, 9.17) is 4.98 Å². The Hall–Kier alpha value is -3.42. The first-order valence-corrected chi connectivity index (χ1v) is 9.76. The van der Waals surface area contributed by atoms with Crippen molar-refractivity contribution in [1.29, 1.82) is 0 Å². The minimum Gasteiger partial charge on any atom is -0.352 e. The molecule has 152 valence electrons. The van der Waals surface area contributed by atoms with Crippen molar-refractivity contribution in [1.82, 2.24) is 20.3 Å². The van der Waals surface area contributed by atoms with Crippen LogP contribution in [-0.4, -0.2) is 27.4 Å². The zero-order chi connectivity index (χ0) is 20.8. The lowest BCUT2D eigenvalue weighted by molar-refractivity contribution is 0.0965. The second-order valence-electron chi connectivity index (χ2n) is 7.54. The maximum absolute atomic E-state index is 13.4. The lowest BCUT2D eigenvalue weighted by Gasteiger charge is -2.31. The van der Waals surface area contributed by atoms with Crippen LogP contribution in [0, 0.1) is 6.92 Å². The van der Waals surface area contributed by atoms with Crippen LogP contribution in [0.1, 0.15) is 45.0 Å². The summed E-state index contributed by atoms with van der Waals surface area (Å²) in [4.78, 5) is 27.2. The van der Waals surface area contributed by atoms with E-state index < -0.39 is 6.43 Å². The molecule has 5 heterocycles. The first-order chi connectivity index (χ1) is 14.5. The second kappa shape index (κ2) is 7.12. The van der Waals surface area contributed by atoms with Gasteiger partial charge in [-0.2, -0.15) is 0 Å². The van der Waals surface area contributed by atoms with Crippen LogP contribution in [-0.2, 0) is 19.5 Å². The molecular formula is C22H19F2N5O. The minimum atomic E-state index is -2.65. The first kappa shape index (κ1) is 18.6. The normalized spacial score (nSPS) is 15.2. The molecule has 1 N–H and O–H groups in total. The Labute approximate surface area is 172 Å². The van der Waals surface area contributed by atoms with Gasteiger partial charge in [-0.05, 0) is 36.2 Å². The summed E-state index contributed by atoms with van der Waals surface area (Å²) in [5.74, 6) is 0.757. The van der Waals surface area contributed by atoms with Gasteiger partial charge in [-0.3, -0.25) is 14.8 Å². The molecule has 0 unspecified atom stereocenters. The number of aryl methyl sites for hydroxylation is 1. The van der Waals surface area contributed by atoms with Crippen LogP contribution >= 0.6 is 0 Å². The number of hydrogen-bond donors (Lipinski definition) is 1. The maximum Gasteiger partial charge on any atom is 0.280 e. The molecule has 0 saturated heterocycles. The van der Waals surface area contributed by atoms with E-state index in [0.29, 0.717) is 29.8 Å². The number of fused-ring (bicyclic) bond motifs is 2. The Kier molecular flexibility index (Phi) is 4.42. The summed E-state index contributed by atoms with van der Waals surface area (Å²) in [6, 6.07) is 7.11. The molecule has 30 heavy (non-hydrogen) atoms. The number of pyridine rings is 3. The first-order valence-electron chi connectivity index (χ1n) is 9.76. The number of rotatable bonds is 3. The predicted molar refractivity (Wildman–Crippen MR) is 107 cm³/mol. The van der Waals surface area contributed by atoms with Gasteiger partial charge >= 0.3 is 0 Å². The molecule has 6 nitrogen and oxygen atoms in total. The highest BCUT2D eigenvalue weighted by atomic mass is 19.3. The van der Waals surface area contributed by atoms with Crippen LogP contribution in [0.5, 0.6) is 0 Å². The van der Waals surface area contributed by atoms with Gasteiger partial charge in [0.1, 0.15) is 11.5 Å². The number of carbonyl (C=O) groups is 1. The number of carbonyl (C=O) groups excluding carboxylic acids is 1. The Morgan fingerprint density at radius 1 is 1.17 bits per heavy atom. The fourth-order valence-corrected chi connectivity index (χ4v) is 4.14. The molecule has 0 spiro atoms. The SMILES string of the molecule is Cc1cc2c(nc1N1CCc3ncc(-c4cccnc4C(F)F)cc3C1)CNC2=O. The third kappa shape index (κ3) is 3.08. The predicted octanol–water partition coefficient (Wildman–Crippen LogP) is 3.59. The molecule has 0 saturated carbocycles. The number of alkyl halides is 2. The van der Waals surface area contributed by atoms with Gasteiger partial charge in [-0.1, -0.05) is 6.07 Å². The lowest BCUT2D eigenvalue weighted by Crippen LogP contribution is -2.32. The fourth-order valence-electron chi connectivity index (χ4n) is 4.14. The van der Waals surface area contributed by atoms with E-state index in [0.717, 1.165) is 41.3 Å². The Bertz CT molecular complexity index is 1160. The molecule has 1 amide bonds. The molecule has 0 bridgehead atoms. The highest BCUT2D eigenvalue weighted by molar-refractivity contribution is 5.98. The average molecular weight is 407 g/mol. The smallest absolute Gasteiger partial charge is 0.280 e. The fraction of sp³-hybridized carbons (Fsp3) is 0.273. The van der Waals surface area contributed by atoms with Gasteiger partial charge in [0, 0.05) is 48.7 Å². The highest BCUT2D eigenvalue weighted by Crippen LogP contribution is 2.32. The van der Waals surface area contributed by atoms with Crippen molar-refractivity contribution in [2.75, 3.05) is 11.4 Å². The molecule has 3 aromatic heterocycles. The van der Waals surface area contributed by atoms with E-state index in [1.54, 1.807) is 18.3 Å². The summed E-state index contributed by atoms with van der Waals surface area (Å²) in [5, 5.41) is 2.80. The number of hydrogen-bond acceptors (Lipinski definition) is 5. The van der Waals surface area contributed by atoms with Crippen LogP contribution < -0.4 is 10.2 Å². The van der Waals surface area contributed by atoms with Gasteiger partial charge in [0.15, 0.2) is 0 Å². The van der Waals surface area contributed by atoms with Crippen LogP contribution in [0.25, 0.3) is 11.1 Å². The quantitative estimate of drug-likeness (QED) is 0.719. The number of nitrogens with one attached hydrogen (secondary N) is 1. The van der Waals surface area contributed by atoms with Crippen LogP contribution in [0.15, 0.2) is 36.7 Å². The summed E-state index contributed by atoms with van der Waals surface area (Å²) in [6.07, 6.45) is 1.11. The van der Waals surface area contributed by atoms with Crippen molar-refractivity contribution in [3.63, 3.8) is 0 Å². The van der Waals surface area contributed by atoms with Gasteiger partial charge < -0.3 is 10.2 Å².